The van der Waals surface area contributed by atoms with Crippen molar-refractivity contribution in [2.75, 3.05) is 13.2 Å². The molecule has 4 N–H and O–H groups in total. The van der Waals surface area contributed by atoms with Gasteiger partial charge in [0.15, 0.2) is 17.3 Å². The molecule has 0 aliphatic rings. The smallest absolute Gasteiger partial charge is 0.469 e. The maximum atomic E-state index is 14.2. The second-order valence-electron chi connectivity index (χ2n) is 7.16. The van der Waals surface area contributed by atoms with Crippen molar-refractivity contribution in [1.29, 1.82) is 0 Å². The topological polar surface area (TPSA) is 119 Å². The van der Waals surface area contributed by atoms with Gasteiger partial charge in [-0.25, -0.2) is 8.96 Å². The molecule has 0 fully saturated rings. The Labute approximate surface area is 165 Å². The Morgan fingerprint density at radius 1 is 1.21 bits per heavy atom. The van der Waals surface area contributed by atoms with Crippen LogP contribution in [0.2, 0.25) is 0 Å². The molecular formula is C19H31FNO6P. The molecule has 0 aliphatic heterocycles. The second-order valence-corrected chi connectivity index (χ2v) is 8.40. The number of halogens is 1. The van der Waals surface area contributed by atoms with E-state index in [0.29, 0.717) is 12.2 Å². The summed E-state index contributed by atoms with van der Waals surface area (Å²) in [5.74, 6) is -0.965. The first kappa shape index (κ1) is 24.7. The lowest BCUT2D eigenvalue weighted by atomic mass is 9.93. The third-order valence-corrected chi connectivity index (χ3v) is 4.75. The Morgan fingerprint density at radius 2 is 1.86 bits per heavy atom. The van der Waals surface area contributed by atoms with Crippen LogP contribution in [0.4, 0.5) is 4.39 Å². The zero-order valence-corrected chi connectivity index (χ0v) is 17.4. The van der Waals surface area contributed by atoms with Crippen LogP contribution in [0, 0.1) is 5.82 Å². The Kier molecular flexibility index (Phi) is 10.3. The van der Waals surface area contributed by atoms with Crippen molar-refractivity contribution in [2.45, 2.75) is 64.3 Å². The molecule has 0 amide bonds. The molecule has 1 aromatic rings. The average molecular weight is 419 g/mol. The van der Waals surface area contributed by atoms with E-state index in [4.69, 9.17) is 20.3 Å². The van der Waals surface area contributed by atoms with Crippen molar-refractivity contribution >= 4 is 13.6 Å². The second kappa shape index (κ2) is 11.6. The van der Waals surface area contributed by atoms with E-state index in [1.165, 1.54) is 38.3 Å². The fraction of sp³-hybridized carbons (Fsp3) is 0.632. The zero-order chi connectivity index (χ0) is 21.2. The number of ketones is 1. The quantitative estimate of drug-likeness (QED) is 0.312. The van der Waals surface area contributed by atoms with Gasteiger partial charge in [0.1, 0.15) is 0 Å². The zero-order valence-electron chi connectivity index (χ0n) is 16.5. The number of Topliss-reactive ketones (excluding diaryl/α,β-unsaturated/α-hetero) is 1. The lowest BCUT2D eigenvalue weighted by Gasteiger charge is -2.23. The number of carbonyl (C=O) groups excluding carboxylic acids is 1. The van der Waals surface area contributed by atoms with Crippen molar-refractivity contribution in [3.63, 3.8) is 0 Å². The lowest BCUT2D eigenvalue weighted by Crippen LogP contribution is -2.49. The number of nitrogens with two attached hydrogens (primary N) is 1. The van der Waals surface area contributed by atoms with E-state index in [2.05, 4.69) is 11.4 Å². The molecule has 0 saturated carbocycles. The van der Waals surface area contributed by atoms with Crippen molar-refractivity contribution in [1.82, 2.24) is 0 Å². The van der Waals surface area contributed by atoms with Crippen LogP contribution in [-0.4, -0.2) is 34.3 Å². The number of hydrogen-bond donors (Lipinski definition) is 3. The van der Waals surface area contributed by atoms with Crippen LogP contribution in [0.1, 0.15) is 57.9 Å². The van der Waals surface area contributed by atoms with Crippen LogP contribution in [0.25, 0.3) is 0 Å². The van der Waals surface area contributed by atoms with E-state index >= 15 is 0 Å². The fourth-order valence-electron chi connectivity index (χ4n) is 2.52. The monoisotopic (exact) mass is 419 g/mol. The molecule has 0 saturated heterocycles. The molecule has 1 atom stereocenters. The number of benzene rings is 1. The van der Waals surface area contributed by atoms with Gasteiger partial charge in [0.25, 0.3) is 0 Å². The van der Waals surface area contributed by atoms with Crippen LogP contribution in [-0.2, 0) is 20.3 Å². The average Bonchev–Trinajstić information content (AvgIpc) is 2.60. The minimum atomic E-state index is -4.73. The molecule has 0 spiro atoms. The molecule has 1 rings (SSSR count). The summed E-state index contributed by atoms with van der Waals surface area (Å²) in [6.07, 6.45) is 6.47. The molecule has 0 bridgehead atoms. The van der Waals surface area contributed by atoms with Crippen LogP contribution >= 0.6 is 7.82 Å². The van der Waals surface area contributed by atoms with Crippen molar-refractivity contribution in [3.8, 4) is 5.75 Å². The van der Waals surface area contributed by atoms with Gasteiger partial charge in [0.2, 0.25) is 0 Å². The van der Waals surface area contributed by atoms with Gasteiger partial charge in [0, 0.05) is 6.42 Å². The van der Waals surface area contributed by atoms with Crippen molar-refractivity contribution in [3.05, 3.63) is 29.6 Å². The highest BCUT2D eigenvalue weighted by Gasteiger charge is 2.31. The molecule has 160 valence electrons. The fourth-order valence-corrected chi connectivity index (χ4v) is 2.96. The van der Waals surface area contributed by atoms with E-state index in [9.17, 15) is 13.8 Å². The van der Waals surface area contributed by atoms with Gasteiger partial charge in [-0.3, -0.25) is 9.32 Å². The normalized spacial score (nSPS) is 13.9. The number of phosphoric acid groups is 1. The van der Waals surface area contributed by atoms with Gasteiger partial charge in [-0.05, 0) is 31.0 Å². The maximum Gasteiger partial charge on any atom is 0.469 e. The molecule has 0 heterocycles. The number of unbranched alkanes of at least 4 members (excludes halogenated alkanes) is 5. The van der Waals surface area contributed by atoms with Crippen LogP contribution in [0.15, 0.2) is 18.2 Å². The predicted octanol–water partition coefficient (Wildman–Crippen LogP) is 3.50. The minimum absolute atomic E-state index is 0.130. The molecule has 28 heavy (non-hydrogen) atoms. The summed E-state index contributed by atoms with van der Waals surface area (Å²) in [5, 5.41) is 0. The molecule has 7 nitrogen and oxygen atoms in total. The molecule has 0 radical (unpaired) electrons. The van der Waals surface area contributed by atoms with Crippen LogP contribution in [0.5, 0.6) is 5.75 Å². The summed E-state index contributed by atoms with van der Waals surface area (Å²) in [6, 6.07) is 4.24. The van der Waals surface area contributed by atoms with Crippen molar-refractivity contribution in [2.24, 2.45) is 5.73 Å². The van der Waals surface area contributed by atoms with E-state index in [-0.39, 0.29) is 12.2 Å². The molecular weight excluding hydrogens is 388 g/mol. The maximum absolute atomic E-state index is 14.2. The van der Waals surface area contributed by atoms with Crippen LogP contribution in [0.3, 0.4) is 0 Å². The first-order valence-electron chi connectivity index (χ1n) is 9.48. The Bertz CT molecular complexity index is 676. The summed E-state index contributed by atoms with van der Waals surface area (Å²) in [6.45, 7) is 3.26. The SMILES string of the molecule is CCCCCCCCOc1ccc(CC(=O)[C@@](C)(N)COP(=O)(O)O)cc1F. The van der Waals surface area contributed by atoms with E-state index < -0.39 is 31.6 Å². The summed E-state index contributed by atoms with van der Waals surface area (Å²) in [4.78, 5) is 29.7. The summed E-state index contributed by atoms with van der Waals surface area (Å²) in [5.41, 5.74) is 4.56. The first-order chi connectivity index (χ1) is 13.0. The van der Waals surface area contributed by atoms with Gasteiger partial charge < -0.3 is 20.3 Å². The third-order valence-electron chi connectivity index (χ3n) is 4.29. The van der Waals surface area contributed by atoms with E-state index in [1.54, 1.807) is 6.07 Å². The highest BCUT2D eigenvalue weighted by Crippen LogP contribution is 2.36. The van der Waals surface area contributed by atoms with E-state index in [1.807, 2.05) is 0 Å². The predicted molar refractivity (Wildman–Crippen MR) is 105 cm³/mol. The highest BCUT2D eigenvalue weighted by atomic mass is 31.2. The van der Waals surface area contributed by atoms with Crippen LogP contribution < -0.4 is 10.5 Å². The number of carbonyl (C=O) groups is 1. The summed E-state index contributed by atoms with van der Waals surface area (Å²) >= 11 is 0. The number of ether oxygens (including phenoxy) is 1. The lowest BCUT2D eigenvalue weighted by molar-refractivity contribution is -0.124. The first-order valence-corrected chi connectivity index (χ1v) is 11.0. The summed E-state index contributed by atoms with van der Waals surface area (Å²) in [7, 11) is -4.73. The number of rotatable bonds is 14. The third kappa shape index (κ3) is 9.75. The van der Waals surface area contributed by atoms with Gasteiger partial charge in [-0.15, -0.1) is 0 Å². The minimum Gasteiger partial charge on any atom is -0.491 e. The highest BCUT2D eigenvalue weighted by molar-refractivity contribution is 7.46. The molecule has 0 aromatic heterocycles. The summed E-state index contributed by atoms with van der Waals surface area (Å²) < 4.78 is 34.7. The van der Waals surface area contributed by atoms with Gasteiger partial charge in [0.05, 0.1) is 18.8 Å². The standard InChI is InChI=1S/C19H31FNO6P/c1-3-4-5-6-7-8-11-26-17-10-9-15(12-16(17)20)13-18(22)19(2,21)14-27-28(23,24)25/h9-10,12H,3-8,11,13-14,21H2,1-2H3,(H2,23,24,25)/t19-/m0/s1. The largest absolute Gasteiger partial charge is 0.491 e. The van der Waals surface area contributed by atoms with Crippen molar-refractivity contribution < 1.29 is 32.8 Å². The van der Waals surface area contributed by atoms with Gasteiger partial charge >= 0.3 is 7.82 Å². The molecule has 9 heteroatoms. The molecule has 0 unspecified atom stereocenters. The number of hydrogen-bond acceptors (Lipinski definition) is 5. The molecule has 0 aliphatic carbocycles. The van der Waals surface area contributed by atoms with Gasteiger partial charge in [-0.2, -0.15) is 0 Å². The Balaban J connectivity index is 2.50. The number of phosphoric ester groups is 1. The molecule has 1 aromatic carbocycles. The Hall–Kier alpha value is -1.31. The van der Waals surface area contributed by atoms with Gasteiger partial charge in [-0.1, -0.05) is 45.1 Å². The van der Waals surface area contributed by atoms with E-state index in [0.717, 1.165) is 19.3 Å². The Morgan fingerprint density at radius 3 is 2.46 bits per heavy atom.